The van der Waals surface area contributed by atoms with Crippen molar-refractivity contribution in [3.8, 4) is 0 Å². The van der Waals surface area contributed by atoms with Crippen LogP contribution in [0.15, 0.2) is 22.7 Å². The summed E-state index contributed by atoms with van der Waals surface area (Å²) in [6, 6.07) is 6.96. The van der Waals surface area contributed by atoms with Gasteiger partial charge in [0.15, 0.2) is 0 Å². The summed E-state index contributed by atoms with van der Waals surface area (Å²) in [6.07, 6.45) is 5.06. The average Bonchev–Trinajstić information content (AvgIpc) is 2.50. The molecule has 1 saturated carbocycles. The lowest BCUT2D eigenvalue weighted by molar-refractivity contribution is -0.0170. The van der Waals surface area contributed by atoms with Gasteiger partial charge in [0.1, 0.15) is 0 Å². The smallest absolute Gasteiger partial charge is 0.0862 e. The molecule has 0 spiro atoms. The summed E-state index contributed by atoms with van der Waals surface area (Å²) in [5, 5.41) is 1.93. The van der Waals surface area contributed by atoms with E-state index in [9.17, 15) is 0 Å². The van der Waals surface area contributed by atoms with Crippen LogP contribution in [-0.4, -0.2) is 48.0 Å². The first-order valence-electron chi connectivity index (χ1n) is 8.62. The maximum Gasteiger partial charge on any atom is 0.0862 e. The number of aryl methyl sites for hydroxylation is 1. The summed E-state index contributed by atoms with van der Waals surface area (Å²) >= 11 is 3.55. The summed E-state index contributed by atoms with van der Waals surface area (Å²) in [5.41, 5.74) is 2.94. The molecule has 1 fully saturated rings. The summed E-state index contributed by atoms with van der Waals surface area (Å²) < 4.78 is 6.71. The number of nitrogens with one attached hydrogen (secondary N) is 1. The van der Waals surface area contributed by atoms with Gasteiger partial charge in [-0.1, -0.05) is 22.0 Å². The Morgan fingerprint density at radius 3 is 2.46 bits per heavy atom. The van der Waals surface area contributed by atoms with Crippen molar-refractivity contribution in [2.45, 2.75) is 63.4 Å². The van der Waals surface area contributed by atoms with E-state index in [1.807, 2.05) is 7.05 Å². The van der Waals surface area contributed by atoms with Crippen LogP contribution in [-0.2, 0) is 11.2 Å². The Kier molecular flexibility index (Phi) is 6.72. The number of benzene rings is 1. The monoisotopic (exact) mass is 383 g/mol. The third-order valence-corrected chi connectivity index (χ3v) is 5.99. The van der Waals surface area contributed by atoms with Crippen LogP contribution in [0.1, 0.15) is 43.7 Å². The van der Waals surface area contributed by atoms with Gasteiger partial charge in [-0.2, -0.15) is 0 Å². The molecule has 2 nitrogen and oxygen atoms in total. The van der Waals surface area contributed by atoms with E-state index in [1.54, 1.807) is 0 Å². The van der Waals surface area contributed by atoms with Gasteiger partial charge >= 0.3 is 0 Å². The van der Waals surface area contributed by atoms with Crippen LogP contribution < -0.4 is 5.32 Å². The van der Waals surface area contributed by atoms with Gasteiger partial charge in [-0.25, -0.2) is 0 Å². The molecule has 124 valence electrons. The quantitative estimate of drug-likeness (QED) is 0.763. The molecular weight excluding hydrogens is 359 g/mol. The highest BCUT2D eigenvalue weighted by Crippen LogP contribution is 2.43. The zero-order valence-corrected chi connectivity index (χ0v) is 16.5. The fourth-order valence-corrected chi connectivity index (χ4v) is 4.35. The molecule has 6 heteroatoms. The topological polar surface area (TPSA) is 21.3 Å². The van der Waals surface area contributed by atoms with E-state index in [0.717, 1.165) is 36.6 Å². The van der Waals surface area contributed by atoms with Gasteiger partial charge in [0.25, 0.3) is 0 Å². The van der Waals surface area contributed by atoms with Gasteiger partial charge in [-0.05, 0) is 87.0 Å². The normalized spacial score (nSPS) is 26.2. The van der Waals surface area contributed by atoms with E-state index in [2.05, 4.69) is 53.3 Å². The van der Waals surface area contributed by atoms with Crippen molar-refractivity contribution in [2.75, 3.05) is 7.05 Å². The number of rotatable bonds is 6. The first-order valence-corrected chi connectivity index (χ1v) is 9.41. The Morgan fingerprint density at radius 1 is 1.33 bits per heavy atom. The van der Waals surface area contributed by atoms with Gasteiger partial charge in [-0.15, -0.1) is 0 Å². The minimum atomic E-state index is -1.54. The molecule has 1 aliphatic rings. The second-order valence-corrected chi connectivity index (χ2v) is 8.21. The number of ether oxygens (including phenoxy) is 1. The first kappa shape index (κ1) is 20.1. The maximum absolute atomic E-state index is 5.59. The molecule has 0 saturated heterocycles. The number of hydrogen-bond donors (Lipinski definition) is 1. The Hall–Kier alpha value is -0.185. The van der Waals surface area contributed by atoms with Gasteiger partial charge in [0.2, 0.25) is 0 Å². The first-order chi connectivity index (χ1) is 11.1. The van der Waals surface area contributed by atoms with Crippen molar-refractivity contribution in [3.63, 3.8) is 0 Å². The lowest BCUT2D eigenvalue weighted by Gasteiger charge is -2.46. The Labute approximate surface area is 159 Å². The largest absolute Gasteiger partial charge is 0.400 e. The summed E-state index contributed by atoms with van der Waals surface area (Å²) in [5.74, 6) is 0. The maximum atomic E-state index is 5.59. The molecule has 1 atom stereocenters. The lowest BCUT2D eigenvalue weighted by atomic mass is 9.52. The van der Waals surface area contributed by atoms with Crippen LogP contribution >= 0.6 is 15.9 Å². The molecule has 0 heterocycles. The van der Waals surface area contributed by atoms with Crippen LogP contribution in [0, 0.1) is 12.3 Å². The van der Waals surface area contributed by atoms with Crippen LogP contribution in [0.5, 0.6) is 0 Å². The fourth-order valence-electron chi connectivity index (χ4n) is 3.88. The van der Waals surface area contributed by atoms with Crippen molar-refractivity contribution >= 4 is 39.5 Å². The zero-order chi connectivity index (χ0) is 18.0. The predicted molar refractivity (Wildman–Crippen MR) is 107 cm³/mol. The Morgan fingerprint density at radius 2 is 1.96 bits per heavy atom. The number of hydrogen-bond acceptors (Lipinski definition) is 2. The minimum absolute atomic E-state index is 0.0354. The van der Waals surface area contributed by atoms with Crippen LogP contribution in [0.25, 0.3) is 0 Å². The van der Waals surface area contributed by atoms with E-state index in [4.69, 9.17) is 28.3 Å². The van der Waals surface area contributed by atoms with Gasteiger partial charge in [-0.3, -0.25) is 0 Å². The van der Waals surface area contributed by atoms with Gasteiger partial charge in [0.05, 0.1) is 29.6 Å². The molecule has 2 rings (SSSR count). The molecule has 0 aromatic heterocycles. The van der Waals surface area contributed by atoms with Crippen LogP contribution in [0.4, 0.5) is 0 Å². The molecule has 6 radical (unpaired) electrons. The SMILES string of the molecule is [B]C([B])([B])OC1CCC(Cc2ccc(Br)cc2C)(C(C)NC)CC1. The Balaban J connectivity index is 2.14. The summed E-state index contributed by atoms with van der Waals surface area (Å²) in [4.78, 5) is 0. The molecule has 24 heavy (non-hydrogen) atoms. The summed E-state index contributed by atoms with van der Waals surface area (Å²) in [7, 11) is 18.8. The Bertz CT molecular complexity index is 554. The lowest BCUT2D eigenvalue weighted by Crippen LogP contribution is -2.48. The molecule has 1 unspecified atom stereocenters. The highest BCUT2D eigenvalue weighted by atomic mass is 79.9. The molecular formula is C18H25B3BrNO. The van der Waals surface area contributed by atoms with Crippen molar-refractivity contribution in [1.29, 1.82) is 0 Å². The molecule has 0 bridgehead atoms. The standard InChI is InChI=1S/C18H25B3BrNO/c1-12-10-15(22)5-4-14(12)11-17(13(2)23-3)8-6-16(7-9-17)24-18(19,20)21/h4-5,10,13,16,23H,6-9,11H2,1-3H3. The van der Waals surface area contributed by atoms with Crippen LogP contribution in [0.2, 0.25) is 0 Å². The predicted octanol–water partition coefficient (Wildman–Crippen LogP) is 2.97. The van der Waals surface area contributed by atoms with Crippen molar-refractivity contribution in [2.24, 2.45) is 5.41 Å². The van der Waals surface area contributed by atoms with E-state index in [1.165, 1.54) is 11.1 Å². The number of halogens is 1. The summed E-state index contributed by atoms with van der Waals surface area (Å²) in [6.45, 7) is 4.45. The average molecular weight is 384 g/mol. The zero-order valence-electron chi connectivity index (χ0n) is 14.9. The van der Waals surface area contributed by atoms with E-state index in [0.29, 0.717) is 6.04 Å². The molecule has 0 amide bonds. The van der Waals surface area contributed by atoms with Gasteiger partial charge < -0.3 is 10.1 Å². The molecule has 1 N–H and O–H groups in total. The van der Waals surface area contributed by atoms with Crippen LogP contribution in [0.3, 0.4) is 0 Å². The van der Waals surface area contributed by atoms with E-state index < -0.39 is 5.30 Å². The molecule has 0 aliphatic heterocycles. The van der Waals surface area contributed by atoms with Gasteiger partial charge in [0, 0.05) is 10.5 Å². The fraction of sp³-hybridized carbons (Fsp3) is 0.667. The van der Waals surface area contributed by atoms with Crippen molar-refractivity contribution < 1.29 is 4.74 Å². The minimum Gasteiger partial charge on any atom is -0.400 e. The molecule has 1 aliphatic carbocycles. The second-order valence-electron chi connectivity index (χ2n) is 7.29. The van der Waals surface area contributed by atoms with Crippen molar-refractivity contribution in [3.05, 3.63) is 33.8 Å². The van der Waals surface area contributed by atoms with E-state index in [-0.39, 0.29) is 11.5 Å². The molecule has 1 aromatic carbocycles. The third kappa shape index (κ3) is 5.16. The molecule has 1 aromatic rings. The third-order valence-electron chi connectivity index (χ3n) is 5.50. The highest BCUT2D eigenvalue weighted by molar-refractivity contribution is 9.10. The van der Waals surface area contributed by atoms with Crippen molar-refractivity contribution in [1.82, 2.24) is 5.32 Å². The second kappa shape index (κ2) is 8.01. The van der Waals surface area contributed by atoms with E-state index >= 15 is 0 Å². The highest BCUT2D eigenvalue weighted by Gasteiger charge is 2.40.